The van der Waals surface area contributed by atoms with Crippen LogP contribution in [0.4, 0.5) is 0 Å². The zero-order valence-corrected chi connectivity index (χ0v) is 14.9. The van der Waals surface area contributed by atoms with E-state index in [1.165, 1.54) is 15.9 Å². The Morgan fingerprint density at radius 1 is 0.760 bits per heavy atom. The van der Waals surface area contributed by atoms with Crippen LogP contribution < -0.4 is 20.7 Å². The van der Waals surface area contributed by atoms with E-state index in [4.69, 9.17) is 4.74 Å². The summed E-state index contributed by atoms with van der Waals surface area (Å²) in [5.41, 5.74) is 0.389. The first-order valence-electron chi connectivity index (χ1n) is 8.03. The summed E-state index contributed by atoms with van der Waals surface area (Å²) in [6, 6.07) is 28.7. The molecule has 0 aliphatic heterocycles. The van der Waals surface area contributed by atoms with Gasteiger partial charge >= 0.3 is 5.97 Å². The largest absolute Gasteiger partial charge is 0.423 e. The lowest BCUT2D eigenvalue weighted by molar-refractivity contribution is -0.130. The highest BCUT2D eigenvalue weighted by molar-refractivity contribution is 7.79. The Hall–Kier alpha value is -2.70. The zero-order chi connectivity index (χ0) is 17.6. The van der Waals surface area contributed by atoms with E-state index in [-0.39, 0.29) is 0 Å². The molecule has 25 heavy (non-hydrogen) atoms. The average Bonchev–Trinajstić information content (AvgIpc) is 2.65. The van der Waals surface area contributed by atoms with E-state index in [2.05, 4.69) is 55.1 Å². The van der Waals surface area contributed by atoms with Gasteiger partial charge < -0.3 is 4.74 Å². The Kier molecular flexibility index (Phi) is 5.42. The minimum atomic E-state index is -0.649. The number of rotatable bonds is 5. The molecule has 3 aromatic carbocycles. The maximum atomic E-state index is 11.7. The van der Waals surface area contributed by atoms with Gasteiger partial charge in [-0.1, -0.05) is 79.4 Å². The smallest absolute Gasteiger partial charge is 0.338 e. The van der Waals surface area contributed by atoms with E-state index in [0.717, 1.165) is 0 Å². The van der Waals surface area contributed by atoms with Crippen molar-refractivity contribution in [2.24, 2.45) is 0 Å². The van der Waals surface area contributed by atoms with Crippen LogP contribution in [0.25, 0.3) is 0 Å². The zero-order valence-electron chi connectivity index (χ0n) is 14.1. The predicted molar refractivity (Wildman–Crippen MR) is 106 cm³/mol. The molecule has 0 heterocycles. The molecule has 0 amide bonds. The van der Waals surface area contributed by atoms with Crippen molar-refractivity contribution in [2.75, 3.05) is 0 Å². The molecule has 0 spiro atoms. The summed E-state index contributed by atoms with van der Waals surface area (Å²) in [4.78, 5) is 11.7. The molecule has 0 fully saturated rings. The van der Waals surface area contributed by atoms with Crippen LogP contribution in [0.1, 0.15) is 6.92 Å². The molecule has 0 atom stereocenters. The predicted octanol–water partition coefficient (Wildman–Crippen LogP) is 3.93. The van der Waals surface area contributed by atoms with E-state index in [1.807, 2.05) is 36.4 Å². The molecule has 0 saturated carbocycles. The molecule has 124 valence electrons. The summed E-state index contributed by atoms with van der Waals surface area (Å²) in [5.74, 6) is 0.133. The van der Waals surface area contributed by atoms with Gasteiger partial charge in [-0.25, -0.2) is 4.79 Å². The lowest BCUT2D eigenvalue weighted by atomic mass is 10.3. The monoisotopic (exact) mass is 346 g/mol. The second-order valence-electron chi connectivity index (χ2n) is 5.67. The van der Waals surface area contributed by atoms with Crippen molar-refractivity contribution in [1.29, 1.82) is 0 Å². The average molecular weight is 346 g/mol. The van der Waals surface area contributed by atoms with Gasteiger partial charge in [0.1, 0.15) is 5.75 Å². The molecular formula is C22H19O2P. The summed E-state index contributed by atoms with van der Waals surface area (Å²) in [5, 5.41) is 3.79. The van der Waals surface area contributed by atoms with Crippen molar-refractivity contribution in [3.63, 3.8) is 0 Å². The quantitative estimate of drug-likeness (QED) is 0.303. The van der Waals surface area contributed by atoms with Crippen LogP contribution in [0.5, 0.6) is 5.75 Å². The second-order valence-corrected chi connectivity index (χ2v) is 7.89. The van der Waals surface area contributed by atoms with Gasteiger partial charge in [0.15, 0.2) is 0 Å². The van der Waals surface area contributed by atoms with Crippen molar-refractivity contribution in [2.45, 2.75) is 6.92 Å². The van der Waals surface area contributed by atoms with Crippen LogP contribution >= 0.6 is 7.92 Å². The lowest BCUT2D eigenvalue weighted by Gasteiger charge is -2.19. The van der Waals surface area contributed by atoms with Gasteiger partial charge in [0.25, 0.3) is 0 Å². The second kappa shape index (κ2) is 7.92. The third kappa shape index (κ3) is 4.23. The molecule has 2 nitrogen and oxygen atoms in total. The first-order valence-corrected chi connectivity index (χ1v) is 9.37. The Labute approximate surface area is 149 Å². The Morgan fingerprint density at radius 3 is 1.64 bits per heavy atom. The molecule has 0 bridgehead atoms. The molecule has 0 aromatic heterocycles. The van der Waals surface area contributed by atoms with Crippen LogP contribution in [-0.2, 0) is 4.79 Å². The van der Waals surface area contributed by atoms with Crippen molar-refractivity contribution < 1.29 is 9.53 Å². The van der Waals surface area contributed by atoms with Crippen molar-refractivity contribution in [3.05, 3.63) is 97.1 Å². The van der Waals surface area contributed by atoms with Crippen molar-refractivity contribution in [3.8, 4) is 5.75 Å². The maximum Gasteiger partial charge on any atom is 0.338 e. The fourth-order valence-corrected chi connectivity index (χ4v) is 4.74. The first kappa shape index (κ1) is 17.1. The van der Waals surface area contributed by atoms with Crippen LogP contribution in [0, 0.1) is 0 Å². The summed E-state index contributed by atoms with van der Waals surface area (Å²) in [6.45, 7) is 5.24. The molecule has 3 heteroatoms. The lowest BCUT2D eigenvalue weighted by Crippen LogP contribution is -2.20. The summed E-state index contributed by atoms with van der Waals surface area (Å²) >= 11 is 0. The van der Waals surface area contributed by atoms with Gasteiger partial charge in [-0.15, -0.1) is 0 Å². The molecule has 0 aliphatic rings. The summed E-state index contributed by atoms with van der Waals surface area (Å²) < 4.78 is 5.29. The van der Waals surface area contributed by atoms with Crippen LogP contribution in [-0.4, -0.2) is 5.97 Å². The highest BCUT2D eigenvalue weighted by atomic mass is 31.1. The SMILES string of the molecule is C=C(C)C(=O)Oc1ccc(P(c2ccccc2)c2ccccc2)cc1. The van der Waals surface area contributed by atoms with Crippen molar-refractivity contribution >= 4 is 29.8 Å². The minimum Gasteiger partial charge on any atom is -0.423 e. The topological polar surface area (TPSA) is 26.3 Å². The Morgan fingerprint density at radius 2 is 1.20 bits per heavy atom. The number of carbonyl (C=O) groups excluding carboxylic acids is 1. The summed E-state index contributed by atoms with van der Waals surface area (Å²) in [6.07, 6.45) is 0. The minimum absolute atomic E-state index is 0.389. The molecule has 0 aliphatic carbocycles. The van der Waals surface area contributed by atoms with E-state index < -0.39 is 13.9 Å². The summed E-state index contributed by atoms with van der Waals surface area (Å²) in [7, 11) is -0.649. The number of benzene rings is 3. The molecule has 3 rings (SSSR count). The number of hydrogen-bond acceptors (Lipinski definition) is 2. The number of esters is 1. The first-order chi connectivity index (χ1) is 12.1. The number of ether oxygens (including phenoxy) is 1. The van der Waals surface area contributed by atoms with E-state index in [9.17, 15) is 4.79 Å². The van der Waals surface area contributed by atoms with Gasteiger partial charge in [0, 0.05) is 5.57 Å². The molecule has 0 unspecified atom stereocenters. The van der Waals surface area contributed by atoms with E-state index in [1.54, 1.807) is 6.92 Å². The van der Waals surface area contributed by atoms with Crippen molar-refractivity contribution in [1.82, 2.24) is 0 Å². The fraction of sp³-hybridized carbons (Fsp3) is 0.0455. The number of carbonyl (C=O) groups is 1. The molecule has 3 aromatic rings. The van der Waals surface area contributed by atoms with E-state index in [0.29, 0.717) is 11.3 Å². The molecule has 0 radical (unpaired) electrons. The van der Waals surface area contributed by atoms with Crippen LogP contribution in [0.15, 0.2) is 97.1 Å². The molecule has 0 saturated heterocycles. The Bertz CT molecular complexity index is 816. The molecule has 0 N–H and O–H groups in total. The van der Waals surface area contributed by atoms with Gasteiger partial charge in [0.05, 0.1) is 0 Å². The van der Waals surface area contributed by atoms with Crippen LogP contribution in [0.2, 0.25) is 0 Å². The Balaban J connectivity index is 1.94. The van der Waals surface area contributed by atoms with Gasteiger partial charge in [0.2, 0.25) is 0 Å². The standard InChI is InChI=1S/C22H19O2P/c1-17(2)22(23)24-18-13-15-21(16-14-18)25(19-9-5-3-6-10-19)20-11-7-4-8-12-20/h3-16H,1H2,2H3. The van der Waals surface area contributed by atoms with Gasteiger partial charge in [-0.05, 0) is 42.9 Å². The highest BCUT2D eigenvalue weighted by Crippen LogP contribution is 2.33. The van der Waals surface area contributed by atoms with Gasteiger partial charge in [-0.3, -0.25) is 0 Å². The molecular weight excluding hydrogens is 327 g/mol. The van der Waals surface area contributed by atoms with Crippen LogP contribution in [0.3, 0.4) is 0 Å². The highest BCUT2D eigenvalue weighted by Gasteiger charge is 2.16. The third-order valence-corrected chi connectivity index (χ3v) is 6.13. The van der Waals surface area contributed by atoms with Gasteiger partial charge in [-0.2, -0.15) is 0 Å². The third-order valence-electron chi connectivity index (χ3n) is 3.68. The van der Waals surface area contributed by atoms with E-state index >= 15 is 0 Å². The number of hydrogen-bond donors (Lipinski definition) is 0. The normalized spacial score (nSPS) is 10.5. The fourth-order valence-electron chi connectivity index (χ4n) is 2.46. The maximum absolute atomic E-state index is 11.7.